The van der Waals surface area contributed by atoms with Gasteiger partial charge >= 0.3 is 13.7 Å². The quantitative estimate of drug-likeness (QED) is 0.119. The number of pyridine rings is 1. The van der Waals surface area contributed by atoms with Gasteiger partial charge in [-0.2, -0.15) is 5.09 Å². The Morgan fingerprint density at radius 3 is 2.47 bits per heavy atom. The molecule has 0 fully saturated rings. The minimum atomic E-state index is -4.15. The monoisotopic (exact) mass is 631 g/mol. The maximum atomic E-state index is 14.2. The van der Waals surface area contributed by atoms with Crippen LogP contribution >= 0.6 is 19.3 Å². The Labute approximate surface area is 256 Å². The van der Waals surface area contributed by atoms with Crippen LogP contribution in [0.4, 0.5) is 5.82 Å². The van der Waals surface area contributed by atoms with Gasteiger partial charge in [0.15, 0.2) is 5.82 Å². The molecule has 0 spiro atoms. The van der Waals surface area contributed by atoms with Gasteiger partial charge in [0.1, 0.15) is 35.3 Å². The van der Waals surface area contributed by atoms with Crippen molar-refractivity contribution in [3.8, 4) is 5.75 Å². The number of fused-ring (bicyclic) bond motifs is 3. The van der Waals surface area contributed by atoms with Crippen LogP contribution in [0.25, 0.3) is 21.9 Å². The number of carbonyl (C=O) groups excluding carboxylic acids is 1. The summed E-state index contributed by atoms with van der Waals surface area (Å²) < 4.78 is 39.4. The number of benzene rings is 2. The molecule has 4 aromatic rings. The molecule has 0 aliphatic heterocycles. The zero-order valence-corrected chi connectivity index (χ0v) is 26.9. The summed E-state index contributed by atoms with van der Waals surface area (Å²) in [5.41, 5.74) is 7.66. The number of nitrogen functional groups attached to an aromatic ring is 1. The second-order valence-electron chi connectivity index (χ2n) is 11.0. The minimum absolute atomic E-state index is 0.0590. The van der Waals surface area contributed by atoms with Gasteiger partial charge in [0.25, 0.3) is 0 Å². The number of aromatic nitrogens is 3. The van der Waals surface area contributed by atoms with Crippen LogP contribution in [0.1, 0.15) is 59.8 Å². The van der Waals surface area contributed by atoms with Crippen LogP contribution in [0.5, 0.6) is 5.75 Å². The van der Waals surface area contributed by atoms with E-state index in [0.717, 1.165) is 16.4 Å². The highest BCUT2D eigenvalue weighted by atomic mass is 35.5. The molecule has 4 rings (SSSR count). The average molecular weight is 632 g/mol. The third-order valence-electron chi connectivity index (χ3n) is 6.49. The molecule has 43 heavy (non-hydrogen) atoms. The molecule has 3 N–H and O–H groups in total. The number of carbonyl (C=O) groups is 1. The van der Waals surface area contributed by atoms with Gasteiger partial charge in [0.2, 0.25) is 0 Å². The highest BCUT2D eigenvalue weighted by molar-refractivity contribution is 7.52. The largest absolute Gasteiger partial charge is 0.459 e. The van der Waals surface area contributed by atoms with E-state index < -0.39 is 25.4 Å². The Morgan fingerprint density at radius 1 is 1.12 bits per heavy atom. The Bertz CT molecular complexity index is 1620. The second kappa shape index (κ2) is 13.6. The van der Waals surface area contributed by atoms with Crippen LogP contribution in [0.3, 0.4) is 0 Å². The number of halogens is 1. The summed E-state index contributed by atoms with van der Waals surface area (Å²) in [4.78, 5) is 22.1. The number of nitrogens with zero attached hydrogens (tertiary/aromatic N) is 3. The number of rotatable bonds is 13. The van der Waals surface area contributed by atoms with Gasteiger partial charge < -0.3 is 24.3 Å². The number of para-hydroxylation sites is 1. The van der Waals surface area contributed by atoms with Crippen molar-refractivity contribution in [2.75, 3.05) is 18.9 Å². The van der Waals surface area contributed by atoms with Crippen molar-refractivity contribution in [1.29, 1.82) is 0 Å². The lowest BCUT2D eigenvalue weighted by molar-refractivity contribution is -0.156. The molecule has 0 saturated heterocycles. The first-order valence-electron chi connectivity index (χ1n) is 14.2. The Balaban J connectivity index is 1.72. The van der Waals surface area contributed by atoms with Crippen molar-refractivity contribution in [2.24, 2.45) is 0 Å². The van der Waals surface area contributed by atoms with Crippen LogP contribution in [-0.4, -0.2) is 45.4 Å². The van der Waals surface area contributed by atoms with E-state index in [0.29, 0.717) is 35.2 Å². The first-order chi connectivity index (χ1) is 20.3. The lowest BCUT2D eigenvalue weighted by atomic mass is 10.1. The average Bonchev–Trinajstić information content (AvgIpc) is 3.33. The summed E-state index contributed by atoms with van der Waals surface area (Å²) >= 11 is 6.04. The molecular formula is C30H39ClN5O6P. The van der Waals surface area contributed by atoms with Crippen molar-refractivity contribution in [1.82, 2.24) is 19.6 Å². The molecule has 232 valence electrons. The van der Waals surface area contributed by atoms with E-state index in [4.69, 9.17) is 40.8 Å². The van der Waals surface area contributed by atoms with E-state index in [1.165, 1.54) is 6.92 Å². The smallest absolute Gasteiger partial charge is 0.459 e. The van der Waals surface area contributed by atoms with Crippen molar-refractivity contribution in [3.63, 3.8) is 0 Å². The Hall–Kier alpha value is -3.21. The van der Waals surface area contributed by atoms with Crippen LogP contribution in [0.2, 0.25) is 5.02 Å². The minimum Gasteiger partial charge on any atom is -0.459 e. The van der Waals surface area contributed by atoms with Crippen LogP contribution in [-0.2, 0) is 30.0 Å². The van der Waals surface area contributed by atoms with Crippen LogP contribution in [0.15, 0.2) is 48.5 Å². The SMILES string of the molecule is CCOCc1nc2c(N)nc3ccccc3c2n1[C@@H](CC)COP(=O)(N[C@@H](C)C(=O)OC(C)(C)C)Oc1ccc(Cl)cc1. The summed E-state index contributed by atoms with van der Waals surface area (Å²) in [5.74, 6) is 0.572. The number of nitrogens with one attached hydrogen (secondary N) is 1. The number of hydrogen-bond donors (Lipinski definition) is 2. The highest BCUT2D eigenvalue weighted by Gasteiger charge is 2.35. The molecule has 1 unspecified atom stereocenters. The number of hydrogen-bond acceptors (Lipinski definition) is 9. The molecule has 0 amide bonds. The number of esters is 1. The van der Waals surface area contributed by atoms with Crippen molar-refractivity contribution in [2.45, 2.75) is 72.3 Å². The first-order valence-corrected chi connectivity index (χ1v) is 16.1. The topological polar surface area (TPSA) is 140 Å². The van der Waals surface area contributed by atoms with Gasteiger partial charge in [-0.3, -0.25) is 9.32 Å². The maximum Gasteiger partial charge on any atom is 0.459 e. The van der Waals surface area contributed by atoms with Gasteiger partial charge in [-0.05, 0) is 71.4 Å². The Kier molecular flexibility index (Phi) is 10.4. The van der Waals surface area contributed by atoms with Crippen LogP contribution in [0, 0.1) is 0 Å². The van der Waals surface area contributed by atoms with Crippen LogP contribution < -0.4 is 15.3 Å². The molecule has 0 saturated carbocycles. The van der Waals surface area contributed by atoms with Gasteiger partial charge in [-0.1, -0.05) is 36.7 Å². The molecule has 0 bridgehead atoms. The molecule has 0 aliphatic rings. The molecule has 3 atom stereocenters. The lowest BCUT2D eigenvalue weighted by Gasteiger charge is -2.27. The zero-order valence-electron chi connectivity index (χ0n) is 25.3. The molecule has 2 heterocycles. The fraction of sp³-hybridized carbons (Fsp3) is 0.433. The number of anilines is 1. The van der Waals surface area contributed by atoms with E-state index in [9.17, 15) is 9.36 Å². The van der Waals surface area contributed by atoms with E-state index >= 15 is 0 Å². The molecule has 0 aliphatic carbocycles. The van der Waals surface area contributed by atoms with Gasteiger partial charge in [-0.25, -0.2) is 14.5 Å². The number of imidazole rings is 1. The fourth-order valence-corrected chi connectivity index (χ4v) is 6.17. The third kappa shape index (κ3) is 8.04. The summed E-state index contributed by atoms with van der Waals surface area (Å²) in [6, 6.07) is 12.6. The van der Waals surface area contributed by atoms with Crippen molar-refractivity contribution in [3.05, 3.63) is 59.4 Å². The first kappa shape index (κ1) is 32.7. The molecule has 2 aromatic carbocycles. The molecule has 11 nitrogen and oxygen atoms in total. The predicted octanol–water partition coefficient (Wildman–Crippen LogP) is 6.83. The third-order valence-corrected chi connectivity index (χ3v) is 8.38. The molecule has 2 aromatic heterocycles. The molecular weight excluding hydrogens is 593 g/mol. The maximum absolute atomic E-state index is 14.2. The van der Waals surface area contributed by atoms with Crippen molar-refractivity contribution >= 4 is 53.1 Å². The summed E-state index contributed by atoms with van der Waals surface area (Å²) in [6.07, 6.45) is 0.573. The summed E-state index contributed by atoms with van der Waals surface area (Å²) in [6.45, 7) is 11.3. The van der Waals surface area contributed by atoms with Crippen molar-refractivity contribution < 1.29 is 27.9 Å². The lowest BCUT2D eigenvalue weighted by Crippen LogP contribution is -2.39. The summed E-state index contributed by atoms with van der Waals surface area (Å²) in [5, 5.41) is 4.10. The summed E-state index contributed by atoms with van der Waals surface area (Å²) in [7, 11) is -4.15. The van der Waals surface area contributed by atoms with Gasteiger partial charge in [0, 0.05) is 17.0 Å². The van der Waals surface area contributed by atoms with Gasteiger partial charge in [0.05, 0.1) is 23.7 Å². The highest BCUT2D eigenvalue weighted by Crippen LogP contribution is 2.46. The van der Waals surface area contributed by atoms with Gasteiger partial charge in [-0.15, -0.1) is 0 Å². The normalized spacial score (nSPS) is 14.9. The van der Waals surface area contributed by atoms with E-state index in [-0.39, 0.29) is 25.0 Å². The molecule has 13 heteroatoms. The Morgan fingerprint density at radius 2 is 1.81 bits per heavy atom. The number of nitrogens with two attached hydrogens (primary N) is 1. The fourth-order valence-electron chi connectivity index (χ4n) is 4.52. The molecule has 0 radical (unpaired) electrons. The zero-order chi connectivity index (χ0) is 31.4. The second-order valence-corrected chi connectivity index (χ2v) is 13.2. The van der Waals surface area contributed by atoms with E-state index in [2.05, 4.69) is 10.1 Å². The standard InChI is InChI=1S/C30H39ClN5O6P/c1-7-21(36-25(18-39-8-2)34-26-27(36)23-11-9-10-12-24(23)33-28(26)32)17-40-43(38,42-22-15-13-20(31)14-16-22)35-19(3)29(37)41-30(4,5)6/h9-16,19,21H,7-8,17-18H2,1-6H3,(H2,32,33)(H,35,38)/t19-,21-,43?/m0/s1. The predicted molar refractivity (Wildman–Crippen MR) is 168 cm³/mol. The number of ether oxygens (including phenoxy) is 2. The van der Waals surface area contributed by atoms with E-state index in [1.807, 2.05) is 42.7 Å². The van der Waals surface area contributed by atoms with E-state index in [1.54, 1.807) is 45.0 Å².